The topological polar surface area (TPSA) is 282 Å². The minimum Gasteiger partial charge on any atom is -0.479 e. The molecule has 15 atom stereocenters. The van der Waals surface area contributed by atoms with Crippen LogP contribution in [-0.2, 0) is 42.8 Å². The molecule has 18 nitrogen and oxygen atoms in total. The molecule has 0 saturated carbocycles. The van der Waals surface area contributed by atoms with Gasteiger partial charge in [0.2, 0.25) is 5.91 Å². The van der Waals surface area contributed by atoms with Gasteiger partial charge in [-0.15, -0.1) is 0 Å². The van der Waals surface area contributed by atoms with E-state index in [1.54, 1.807) is 6.26 Å². The van der Waals surface area contributed by atoms with Gasteiger partial charge >= 0.3 is 11.9 Å². The first kappa shape index (κ1) is 32.2. The Bertz CT molecular complexity index is 963. The van der Waals surface area contributed by atoms with Gasteiger partial charge in [-0.2, -0.15) is 11.8 Å². The minimum atomic E-state index is -2.06. The molecule has 6 unspecified atom stereocenters. The lowest BCUT2D eigenvalue weighted by Crippen LogP contribution is -2.67. The highest BCUT2D eigenvalue weighted by Gasteiger charge is 2.59. The fraction of sp³-hybridized carbons (Fsp3) is 0.864. The van der Waals surface area contributed by atoms with Gasteiger partial charge in [0.05, 0.1) is 18.8 Å². The number of carboxylic acids is 2. The lowest BCUT2D eigenvalue weighted by molar-refractivity contribution is -0.362. The second-order valence-corrected chi connectivity index (χ2v) is 10.9. The molecule has 1 amide bonds. The molecule has 234 valence electrons. The van der Waals surface area contributed by atoms with Gasteiger partial charge < -0.3 is 69.5 Å². The van der Waals surface area contributed by atoms with Crippen LogP contribution in [0.4, 0.5) is 0 Å². The molecule has 0 aliphatic carbocycles. The Labute approximate surface area is 236 Å². The van der Waals surface area contributed by atoms with Crippen molar-refractivity contribution in [1.29, 1.82) is 0 Å². The van der Waals surface area contributed by atoms with E-state index < -0.39 is 110 Å². The van der Waals surface area contributed by atoms with Crippen LogP contribution in [0.15, 0.2) is 0 Å². The number of ether oxygens (including phenoxy) is 6. The van der Waals surface area contributed by atoms with Gasteiger partial charge in [-0.05, 0) is 6.26 Å². The Morgan fingerprint density at radius 2 is 1.44 bits per heavy atom. The molecule has 0 aromatic rings. The third-order valence-corrected chi connectivity index (χ3v) is 7.55. The number of amides is 1. The van der Waals surface area contributed by atoms with Crippen molar-refractivity contribution < 1.29 is 78.6 Å². The van der Waals surface area contributed by atoms with Gasteiger partial charge in [-0.3, -0.25) is 10.1 Å². The second kappa shape index (κ2) is 13.3. The SMILES string of the molecule is CSCCO[C@H]1OC(C(=O)O)[C@H](O)[C@H](O[C@H]2OC(C(=O)O)[C@H](O[C@H]3OC4N[C@@H]4[C@H](O)C3NC(C)=O)[C@H](O)C2O)C1O. The number of rotatable bonds is 11. The summed E-state index contributed by atoms with van der Waals surface area (Å²) in [6.07, 6.45) is -20.7. The summed E-state index contributed by atoms with van der Waals surface area (Å²) in [4.78, 5) is 35.5. The van der Waals surface area contributed by atoms with E-state index in [1.165, 1.54) is 18.7 Å². The lowest BCUT2D eigenvalue weighted by atomic mass is 9.96. The number of hydrogen-bond acceptors (Lipinski definition) is 16. The van der Waals surface area contributed by atoms with Crippen molar-refractivity contribution in [3.63, 3.8) is 0 Å². The third-order valence-electron chi connectivity index (χ3n) is 6.98. The highest BCUT2D eigenvalue weighted by atomic mass is 32.2. The fourth-order valence-electron chi connectivity index (χ4n) is 4.85. The monoisotopic (exact) mass is 614 g/mol. The maximum Gasteiger partial charge on any atom is 0.335 e. The summed E-state index contributed by atoms with van der Waals surface area (Å²) in [5.41, 5.74) is 0. The molecule has 19 heteroatoms. The van der Waals surface area contributed by atoms with Crippen molar-refractivity contribution in [2.45, 2.75) is 99.0 Å². The van der Waals surface area contributed by atoms with E-state index in [1.807, 2.05) is 0 Å². The summed E-state index contributed by atoms with van der Waals surface area (Å²) < 4.78 is 32.6. The number of aliphatic carboxylic acids is 2. The van der Waals surface area contributed by atoms with Crippen LogP contribution in [-0.4, -0.2) is 164 Å². The van der Waals surface area contributed by atoms with E-state index in [0.717, 1.165) is 0 Å². The van der Waals surface area contributed by atoms with Crippen LogP contribution in [0.25, 0.3) is 0 Å². The largest absolute Gasteiger partial charge is 0.479 e. The predicted molar refractivity (Wildman–Crippen MR) is 130 cm³/mol. The van der Waals surface area contributed by atoms with E-state index in [9.17, 15) is 50.1 Å². The molecule has 0 radical (unpaired) electrons. The summed E-state index contributed by atoms with van der Waals surface area (Å²) in [5, 5.41) is 78.0. The van der Waals surface area contributed by atoms with Crippen molar-refractivity contribution >= 4 is 29.6 Å². The Morgan fingerprint density at radius 3 is 2.05 bits per heavy atom. The number of aliphatic hydroxyl groups is 5. The first-order valence-electron chi connectivity index (χ1n) is 12.6. The second-order valence-electron chi connectivity index (χ2n) is 9.89. The number of hydrogen-bond donors (Lipinski definition) is 9. The van der Waals surface area contributed by atoms with Crippen LogP contribution in [0, 0.1) is 0 Å². The van der Waals surface area contributed by atoms with Crippen LogP contribution in [0.5, 0.6) is 0 Å². The zero-order chi connectivity index (χ0) is 30.2. The quantitative estimate of drug-likeness (QED) is 0.0776. The Balaban J connectivity index is 1.50. The average Bonchev–Trinajstić information content (AvgIpc) is 3.68. The van der Waals surface area contributed by atoms with Gasteiger partial charge in [0, 0.05) is 12.7 Å². The number of nitrogens with one attached hydrogen (secondary N) is 2. The maximum atomic E-state index is 12.1. The number of aliphatic hydroxyl groups excluding tert-OH is 5. The normalized spacial score (nSPS) is 45.9. The molecule has 4 rings (SSSR count). The van der Waals surface area contributed by atoms with Gasteiger partial charge in [-0.1, -0.05) is 0 Å². The summed E-state index contributed by atoms with van der Waals surface area (Å²) >= 11 is 1.40. The number of carbonyl (C=O) groups excluding carboxylic acids is 1. The van der Waals surface area contributed by atoms with Crippen LogP contribution >= 0.6 is 11.8 Å². The molecule has 4 saturated heterocycles. The average molecular weight is 615 g/mol. The minimum absolute atomic E-state index is 0.0357. The van der Waals surface area contributed by atoms with E-state index in [2.05, 4.69) is 10.6 Å². The van der Waals surface area contributed by atoms with Gasteiger partial charge in [0.25, 0.3) is 0 Å². The Morgan fingerprint density at radius 1 is 0.805 bits per heavy atom. The van der Waals surface area contributed by atoms with Crippen molar-refractivity contribution in [3.05, 3.63) is 0 Å². The van der Waals surface area contributed by atoms with E-state index in [-0.39, 0.29) is 6.61 Å². The zero-order valence-electron chi connectivity index (χ0n) is 21.8. The van der Waals surface area contributed by atoms with Crippen LogP contribution < -0.4 is 10.6 Å². The molecular weight excluding hydrogens is 580 g/mol. The maximum absolute atomic E-state index is 12.1. The van der Waals surface area contributed by atoms with E-state index >= 15 is 0 Å². The van der Waals surface area contributed by atoms with E-state index in [0.29, 0.717) is 5.75 Å². The zero-order valence-corrected chi connectivity index (χ0v) is 22.6. The molecular formula is C22H34N2O16S. The predicted octanol–water partition coefficient (Wildman–Crippen LogP) is -5.28. The smallest absolute Gasteiger partial charge is 0.335 e. The third kappa shape index (κ3) is 6.93. The molecule has 4 aliphatic heterocycles. The highest BCUT2D eigenvalue weighted by Crippen LogP contribution is 2.34. The summed E-state index contributed by atoms with van der Waals surface area (Å²) in [7, 11) is 0. The number of thioether (sulfide) groups is 1. The fourth-order valence-corrected chi connectivity index (χ4v) is 5.11. The lowest BCUT2D eigenvalue weighted by Gasteiger charge is -2.46. The van der Waals surface area contributed by atoms with Crippen molar-refractivity contribution in [3.8, 4) is 0 Å². The Hall–Kier alpha value is -1.72. The molecule has 0 spiro atoms. The summed E-state index contributed by atoms with van der Waals surface area (Å²) in [6, 6.07) is -1.70. The summed E-state index contributed by atoms with van der Waals surface area (Å²) in [5.74, 6) is -3.40. The van der Waals surface area contributed by atoms with Crippen LogP contribution in [0.1, 0.15) is 6.92 Å². The molecule has 4 fully saturated rings. The standard InChI is InChI=1S/C22H34N2O16S/c1-5(25)23-7-8(26)6-17(24-6)40-20(7)37-14-9(27)10(28)22(39-16(14)19(33)34)36-13-11(29)15(18(31)32)38-21(12(13)30)35-3-4-41-2/h6-17,20-22,24,26-30H,3-4H2,1-2H3,(H,23,25)(H,31,32)(H,33,34)/t6-,7?,8+,9-,10?,11-,12?,13+,14-,15?,16?,17?,20+,21+,22+/m1/s1. The summed E-state index contributed by atoms with van der Waals surface area (Å²) in [6.45, 7) is 1.21. The molecule has 41 heavy (non-hydrogen) atoms. The van der Waals surface area contributed by atoms with Gasteiger partial charge in [0.1, 0.15) is 48.9 Å². The molecule has 4 aliphatic rings. The molecule has 9 N–H and O–H groups in total. The first-order valence-corrected chi connectivity index (χ1v) is 14.0. The first-order chi connectivity index (χ1) is 19.3. The molecule has 0 bridgehead atoms. The van der Waals surface area contributed by atoms with Crippen LogP contribution in [0.2, 0.25) is 0 Å². The van der Waals surface area contributed by atoms with Gasteiger partial charge in [-0.25, -0.2) is 9.59 Å². The van der Waals surface area contributed by atoms with Crippen LogP contribution in [0.3, 0.4) is 0 Å². The van der Waals surface area contributed by atoms with Gasteiger partial charge in [0.15, 0.2) is 31.1 Å². The molecule has 0 aromatic heterocycles. The van der Waals surface area contributed by atoms with Crippen molar-refractivity contribution in [1.82, 2.24) is 10.6 Å². The Kier molecular flexibility index (Phi) is 10.4. The molecule has 0 aromatic carbocycles. The number of carboxylic acid groups (broad SMARTS) is 2. The van der Waals surface area contributed by atoms with Crippen molar-refractivity contribution in [2.24, 2.45) is 0 Å². The van der Waals surface area contributed by atoms with Crippen molar-refractivity contribution in [2.75, 3.05) is 18.6 Å². The highest BCUT2D eigenvalue weighted by molar-refractivity contribution is 7.98. The molecule has 4 heterocycles. The number of fused-ring (bicyclic) bond motifs is 1. The number of carbonyl (C=O) groups is 3. The van der Waals surface area contributed by atoms with E-state index in [4.69, 9.17) is 28.4 Å².